The molecule has 0 saturated carbocycles. The summed E-state index contributed by atoms with van der Waals surface area (Å²) in [6, 6.07) is 12.4. The topological polar surface area (TPSA) is 77.2 Å². The van der Waals surface area contributed by atoms with E-state index in [1.807, 2.05) is 12.1 Å². The molecule has 124 valence electrons. The average Bonchev–Trinajstić information content (AvgIpc) is 3.09. The lowest BCUT2D eigenvalue weighted by Gasteiger charge is -2.32. The summed E-state index contributed by atoms with van der Waals surface area (Å²) in [6.45, 7) is 3.73. The van der Waals surface area contributed by atoms with Crippen molar-refractivity contribution in [3.63, 3.8) is 0 Å². The van der Waals surface area contributed by atoms with Crippen molar-refractivity contribution in [3.05, 3.63) is 47.5 Å². The van der Waals surface area contributed by atoms with Gasteiger partial charge in [0.05, 0.1) is 6.10 Å². The van der Waals surface area contributed by atoms with Crippen LogP contribution in [0.3, 0.4) is 0 Å². The Hall–Kier alpha value is -2.54. The monoisotopic (exact) mass is 324 g/mol. The number of fused-ring (bicyclic) bond motifs is 1. The summed E-state index contributed by atoms with van der Waals surface area (Å²) in [5.74, 6) is 1.18. The van der Waals surface area contributed by atoms with Gasteiger partial charge in [-0.2, -0.15) is 0 Å². The number of rotatable bonds is 4. The van der Waals surface area contributed by atoms with Gasteiger partial charge in [-0.3, -0.25) is 0 Å². The van der Waals surface area contributed by atoms with Gasteiger partial charge < -0.3 is 10.1 Å². The van der Waals surface area contributed by atoms with E-state index in [0.717, 1.165) is 31.8 Å². The molecule has 2 aromatic heterocycles. The van der Waals surface area contributed by atoms with Crippen molar-refractivity contribution in [1.82, 2.24) is 25.3 Å². The van der Waals surface area contributed by atoms with E-state index >= 15 is 0 Å². The fraction of sp³-hybridized carbons (Fsp3) is 0.412. The molecule has 1 aromatic carbocycles. The molecule has 0 spiro atoms. The summed E-state index contributed by atoms with van der Waals surface area (Å²) in [6.07, 6.45) is 2.36. The van der Waals surface area contributed by atoms with Crippen molar-refractivity contribution in [2.45, 2.75) is 25.9 Å². The Balaban J connectivity index is 1.47. The van der Waals surface area contributed by atoms with Crippen LogP contribution in [0.4, 0.5) is 5.82 Å². The Morgan fingerprint density at radius 3 is 2.96 bits per heavy atom. The Bertz CT molecular complexity index is 815. The zero-order valence-corrected chi connectivity index (χ0v) is 13.6. The molecule has 1 saturated heterocycles. The second-order valence-electron chi connectivity index (χ2n) is 6.23. The first-order chi connectivity index (χ1) is 11.8. The second-order valence-corrected chi connectivity index (χ2v) is 6.23. The summed E-state index contributed by atoms with van der Waals surface area (Å²) in [5, 5.41) is 19.0. The number of benzene rings is 1. The first kappa shape index (κ1) is 15.0. The molecule has 4 rings (SSSR count). The highest BCUT2D eigenvalue weighted by molar-refractivity contribution is 5.42. The number of ether oxygens (including phenoxy) is 1. The molecule has 3 aromatic rings. The lowest BCUT2D eigenvalue weighted by Crippen LogP contribution is -2.28. The molecule has 1 fully saturated rings. The Morgan fingerprint density at radius 1 is 1.21 bits per heavy atom. The van der Waals surface area contributed by atoms with E-state index in [-0.39, 0.29) is 6.10 Å². The summed E-state index contributed by atoms with van der Waals surface area (Å²) >= 11 is 0. The maximum Gasteiger partial charge on any atom is 0.200 e. The minimum Gasteiger partial charge on any atom is -0.373 e. The molecule has 7 nitrogen and oxygen atoms in total. The molecule has 0 bridgehead atoms. The third-order valence-corrected chi connectivity index (χ3v) is 4.47. The Labute approximate surface area is 140 Å². The average molecular weight is 324 g/mol. The lowest BCUT2D eigenvalue weighted by molar-refractivity contribution is -0.0238. The summed E-state index contributed by atoms with van der Waals surface area (Å²) in [7, 11) is 0. The molecular weight excluding hydrogens is 304 g/mol. The van der Waals surface area contributed by atoms with Crippen LogP contribution in [0.25, 0.3) is 5.65 Å². The first-order valence-corrected chi connectivity index (χ1v) is 8.27. The maximum absolute atomic E-state index is 6.06. The third kappa shape index (κ3) is 3.07. The van der Waals surface area contributed by atoms with E-state index in [1.165, 1.54) is 15.8 Å². The van der Waals surface area contributed by atoms with E-state index in [0.29, 0.717) is 11.6 Å². The van der Waals surface area contributed by atoms with Gasteiger partial charge in [0, 0.05) is 19.1 Å². The van der Waals surface area contributed by atoms with Crippen LogP contribution in [-0.2, 0) is 4.74 Å². The van der Waals surface area contributed by atoms with Crippen LogP contribution in [-0.4, -0.2) is 38.4 Å². The number of tetrazole rings is 1. The van der Waals surface area contributed by atoms with Crippen molar-refractivity contribution in [2.75, 3.05) is 18.5 Å². The number of aromatic nitrogens is 5. The van der Waals surface area contributed by atoms with Crippen LogP contribution < -0.4 is 5.32 Å². The third-order valence-electron chi connectivity index (χ3n) is 4.47. The first-order valence-electron chi connectivity index (χ1n) is 8.27. The van der Waals surface area contributed by atoms with Crippen molar-refractivity contribution < 1.29 is 4.74 Å². The zero-order chi connectivity index (χ0) is 16.4. The predicted molar refractivity (Wildman–Crippen MR) is 89.7 cm³/mol. The lowest BCUT2D eigenvalue weighted by atomic mass is 9.89. The quantitative estimate of drug-likeness (QED) is 0.794. The molecule has 0 unspecified atom stereocenters. The number of hydrogen-bond donors (Lipinski definition) is 1. The van der Waals surface area contributed by atoms with Gasteiger partial charge in [-0.1, -0.05) is 29.8 Å². The van der Waals surface area contributed by atoms with Crippen LogP contribution in [0.5, 0.6) is 0 Å². The summed E-state index contributed by atoms with van der Waals surface area (Å²) < 4.78 is 7.49. The highest BCUT2D eigenvalue weighted by Crippen LogP contribution is 2.33. The summed E-state index contributed by atoms with van der Waals surface area (Å²) in [5.41, 5.74) is 3.15. The maximum atomic E-state index is 6.06. The molecule has 2 atom stereocenters. The Morgan fingerprint density at radius 2 is 2.08 bits per heavy atom. The molecule has 0 aliphatic carbocycles. The van der Waals surface area contributed by atoms with E-state index in [9.17, 15) is 0 Å². The zero-order valence-electron chi connectivity index (χ0n) is 13.6. The smallest absolute Gasteiger partial charge is 0.200 e. The minimum absolute atomic E-state index is 0.128. The van der Waals surface area contributed by atoms with Gasteiger partial charge in [-0.05, 0) is 47.9 Å². The van der Waals surface area contributed by atoms with Gasteiger partial charge >= 0.3 is 0 Å². The highest BCUT2D eigenvalue weighted by atomic mass is 16.5. The van der Waals surface area contributed by atoms with Crippen LogP contribution >= 0.6 is 0 Å². The van der Waals surface area contributed by atoms with Crippen molar-refractivity contribution in [2.24, 2.45) is 5.92 Å². The number of nitrogens with zero attached hydrogens (tertiary/aromatic N) is 5. The van der Waals surface area contributed by atoms with E-state index < -0.39 is 0 Å². The van der Waals surface area contributed by atoms with E-state index in [1.54, 1.807) is 0 Å². The second kappa shape index (κ2) is 6.52. The Kier molecular flexibility index (Phi) is 4.08. The number of nitrogens with one attached hydrogen (secondary N) is 1. The fourth-order valence-electron chi connectivity index (χ4n) is 3.16. The number of aryl methyl sites for hydroxylation is 1. The van der Waals surface area contributed by atoms with Crippen molar-refractivity contribution in [1.29, 1.82) is 0 Å². The van der Waals surface area contributed by atoms with Gasteiger partial charge in [0.25, 0.3) is 0 Å². The van der Waals surface area contributed by atoms with E-state index in [4.69, 9.17) is 4.74 Å². The standard InChI is InChI=1S/C17H20N6O/c1-12-4-6-13(7-5-12)17-14(3-2-10-24-17)11-18-15-8-9-16-19-21-22-23(16)20-15/h4-9,14,17H,2-3,10-11H2,1H3,(H,18,20)/t14-,17-/m1/s1. The molecule has 1 N–H and O–H groups in total. The minimum atomic E-state index is 0.128. The molecule has 3 heterocycles. The van der Waals surface area contributed by atoms with Crippen LogP contribution in [0.2, 0.25) is 0 Å². The van der Waals surface area contributed by atoms with Crippen molar-refractivity contribution >= 4 is 11.5 Å². The van der Waals surface area contributed by atoms with Gasteiger partial charge in [-0.25, -0.2) is 0 Å². The molecule has 24 heavy (non-hydrogen) atoms. The molecule has 1 aliphatic heterocycles. The number of anilines is 1. The number of hydrogen-bond acceptors (Lipinski definition) is 6. The summed E-state index contributed by atoms with van der Waals surface area (Å²) in [4.78, 5) is 0. The van der Waals surface area contributed by atoms with Gasteiger partial charge in [0.1, 0.15) is 5.82 Å². The SMILES string of the molecule is Cc1ccc([C@H]2OCCC[C@@H]2CNc2ccc3nnnn3n2)cc1. The highest BCUT2D eigenvalue weighted by Gasteiger charge is 2.27. The van der Waals surface area contributed by atoms with Gasteiger partial charge in [0.2, 0.25) is 0 Å². The predicted octanol–water partition coefficient (Wildman–Crippen LogP) is 2.41. The fourth-order valence-corrected chi connectivity index (χ4v) is 3.16. The molecule has 0 amide bonds. The van der Waals surface area contributed by atoms with Crippen molar-refractivity contribution in [3.8, 4) is 0 Å². The molecular formula is C17H20N6O. The molecule has 7 heteroatoms. The van der Waals surface area contributed by atoms with Gasteiger partial charge in [0.15, 0.2) is 5.65 Å². The van der Waals surface area contributed by atoms with E-state index in [2.05, 4.69) is 57.1 Å². The molecule has 1 aliphatic rings. The van der Waals surface area contributed by atoms with Gasteiger partial charge in [-0.15, -0.1) is 14.8 Å². The van der Waals surface area contributed by atoms with Crippen LogP contribution in [0.15, 0.2) is 36.4 Å². The molecule has 0 radical (unpaired) electrons. The largest absolute Gasteiger partial charge is 0.373 e. The van der Waals surface area contributed by atoms with Crippen LogP contribution in [0.1, 0.15) is 30.1 Å². The van der Waals surface area contributed by atoms with Crippen LogP contribution in [0, 0.1) is 12.8 Å². The normalized spacial score (nSPS) is 21.0.